The van der Waals surface area contributed by atoms with Crippen molar-refractivity contribution in [3.05, 3.63) is 83.9 Å². The maximum Gasteiger partial charge on any atom is 0.308 e. The van der Waals surface area contributed by atoms with Gasteiger partial charge < -0.3 is 20.1 Å². The van der Waals surface area contributed by atoms with Crippen LogP contribution >= 0.6 is 0 Å². The first-order chi connectivity index (χ1) is 15.9. The van der Waals surface area contributed by atoms with Crippen LogP contribution in [0.15, 0.2) is 72.8 Å². The van der Waals surface area contributed by atoms with Gasteiger partial charge in [-0.05, 0) is 55.3 Å². The van der Waals surface area contributed by atoms with E-state index in [4.69, 9.17) is 9.47 Å². The number of anilines is 2. The third kappa shape index (κ3) is 7.21. The molecule has 0 aliphatic heterocycles. The first-order valence-electron chi connectivity index (χ1n) is 10.6. The second-order valence-corrected chi connectivity index (χ2v) is 7.39. The quantitative estimate of drug-likeness (QED) is 0.275. The lowest BCUT2D eigenvalue weighted by Gasteiger charge is -2.13. The summed E-state index contributed by atoms with van der Waals surface area (Å²) in [6, 6.07) is 21.0. The lowest BCUT2D eigenvalue weighted by molar-refractivity contribution is -0.131. The Labute approximate surface area is 192 Å². The van der Waals surface area contributed by atoms with Gasteiger partial charge in [0.2, 0.25) is 5.91 Å². The molecule has 33 heavy (non-hydrogen) atoms. The van der Waals surface area contributed by atoms with Crippen LogP contribution in [-0.2, 0) is 9.59 Å². The lowest BCUT2D eigenvalue weighted by Crippen LogP contribution is -2.17. The van der Waals surface area contributed by atoms with Gasteiger partial charge in [-0.1, -0.05) is 36.4 Å². The zero-order valence-corrected chi connectivity index (χ0v) is 18.6. The number of rotatable bonds is 9. The number of carbonyl (C=O) groups is 3. The molecule has 0 aromatic heterocycles. The monoisotopic (exact) mass is 446 g/mol. The minimum atomic E-state index is -0.468. The predicted octanol–water partition coefficient (Wildman–Crippen LogP) is 4.97. The molecule has 0 heterocycles. The summed E-state index contributed by atoms with van der Waals surface area (Å²) in [5.41, 5.74) is 2.32. The van der Waals surface area contributed by atoms with Crippen molar-refractivity contribution in [3.63, 3.8) is 0 Å². The molecule has 0 spiro atoms. The lowest BCUT2D eigenvalue weighted by atomic mass is 10.2. The van der Waals surface area contributed by atoms with Crippen molar-refractivity contribution in [2.75, 3.05) is 17.2 Å². The first-order valence-corrected chi connectivity index (χ1v) is 10.6. The molecule has 7 heteroatoms. The van der Waals surface area contributed by atoms with Gasteiger partial charge in [-0.15, -0.1) is 0 Å². The standard InChI is InChI=1S/C26H26N2O5/c1-18-9-3-6-14-24(18)32-16-8-15-25(30)27-22-12-4-5-13-23(22)28-26(31)20-10-7-11-21(17-20)33-19(2)29/h3-7,9-14,17H,8,15-16H2,1-2H3,(H,27,30)(H,28,31). The third-order valence-electron chi connectivity index (χ3n) is 4.71. The van der Waals surface area contributed by atoms with Crippen LogP contribution < -0.4 is 20.1 Å². The number of aryl methyl sites for hydroxylation is 1. The van der Waals surface area contributed by atoms with Crippen LogP contribution in [0.1, 0.15) is 35.7 Å². The third-order valence-corrected chi connectivity index (χ3v) is 4.71. The zero-order valence-electron chi connectivity index (χ0n) is 18.6. The molecule has 0 atom stereocenters. The Kier molecular flexibility index (Phi) is 8.18. The molecular formula is C26H26N2O5. The molecular weight excluding hydrogens is 420 g/mol. The maximum atomic E-state index is 12.7. The molecule has 0 aliphatic carbocycles. The zero-order chi connectivity index (χ0) is 23.6. The van der Waals surface area contributed by atoms with Crippen LogP contribution in [0.25, 0.3) is 0 Å². The summed E-state index contributed by atoms with van der Waals surface area (Å²) < 4.78 is 10.8. The summed E-state index contributed by atoms with van der Waals surface area (Å²) in [5.74, 6) is 0.0533. The number of carbonyl (C=O) groups excluding carboxylic acids is 3. The predicted molar refractivity (Wildman–Crippen MR) is 127 cm³/mol. The highest BCUT2D eigenvalue weighted by atomic mass is 16.5. The summed E-state index contributed by atoms with van der Waals surface area (Å²) in [7, 11) is 0. The maximum absolute atomic E-state index is 12.7. The van der Waals surface area contributed by atoms with E-state index in [9.17, 15) is 14.4 Å². The number of benzene rings is 3. The average Bonchev–Trinajstić information content (AvgIpc) is 2.79. The van der Waals surface area contributed by atoms with E-state index in [-0.39, 0.29) is 18.1 Å². The van der Waals surface area contributed by atoms with Gasteiger partial charge in [-0.2, -0.15) is 0 Å². The van der Waals surface area contributed by atoms with Gasteiger partial charge in [0.15, 0.2) is 0 Å². The van der Waals surface area contributed by atoms with Gasteiger partial charge >= 0.3 is 5.97 Å². The van der Waals surface area contributed by atoms with Crippen molar-refractivity contribution in [1.82, 2.24) is 0 Å². The fourth-order valence-corrected chi connectivity index (χ4v) is 3.11. The largest absolute Gasteiger partial charge is 0.493 e. The second-order valence-electron chi connectivity index (χ2n) is 7.39. The second kappa shape index (κ2) is 11.5. The Morgan fingerprint density at radius 2 is 1.55 bits per heavy atom. The van der Waals surface area contributed by atoms with Crippen molar-refractivity contribution in [2.24, 2.45) is 0 Å². The van der Waals surface area contributed by atoms with Gasteiger partial charge in [0.25, 0.3) is 5.91 Å². The molecule has 7 nitrogen and oxygen atoms in total. The average molecular weight is 447 g/mol. The van der Waals surface area contributed by atoms with Crippen LogP contribution in [0.3, 0.4) is 0 Å². The number of nitrogens with one attached hydrogen (secondary N) is 2. The van der Waals surface area contributed by atoms with E-state index in [0.717, 1.165) is 11.3 Å². The molecule has 3 aromatic rings. The summed E-state index contributed by atoms with van der Waals surface area (Å²) >= 11 is 0. The fraction of sp³-hybridized carbons (Fsp3) is 0.192. The molecule has 0 saturated heterocycles. The van der Waals surface area contributed by atoms with Crippen molar-refractivity contribution in [1.29, 1.82) is 0 Å². The number of amides is 2. The molecule has 170 valence electrons. The topological polar surface area (TPSA) is 93.7 Å². The van der Waals surface area contributed by atoms with Crippen LogP contribution in [0.4, 0.5) is 11.4 Å². The van der Waals surface area contributed by atoms with Gasteiger partial charge in [-0.3, -0.25) is 14.4 Å². The van der Waals surface area contributed by atoms with Crippen LogP contribution in [0, 0.1) is 6.92 Å². The SMILES string of the molecule is CC(=O)Oc1cccc(C(=O)Nc2ccccc2NC(=O)CCCOc2ccccc2C)c1. The van der Waals surface area contributed by atoms with Crippen molar-refractivity contribution in [2.45, 2.75) is 26.7 Å². The Morgan fingerprint density at radius 1 is 0.848 bits per heavy atom. The Bertz CT molecular complexity index is 1140. The minimum absolute atomic E-state index is 0.179. The van der Waals surface area contributed by atoms with Gasteiger partial charge in [0, 0.05) is 18.9 Å². The van der Waals surface area contributed by atoms with E-state index in [1.54, 1.807) is 42.5 Å². The molecule has 2 N–H and O–H groups in total. The smallest absolute Gasteiger partial charge is 0.308 e. The molecule has 0 fully saturated rings. The summed E-state index contributed by atoms with van der Waals surface area (Å²) in [4.78, 5) is 36.2. The molecule has 0 bridgehead atoms. The van der Waals surface area contributed by atoms with E-state index in [1.165, 1.54) is 13.0 Å². The van der Waals surface area contributed by atoms with E-state index < -0.39 is 11.9 Å². The number of para-hydroxylation sites is 3. The molecule has 0 unspecified atom stereocenters. The summed E-state index contributed by atoms with van der Waals surface area (Å²) in [6.45, 7) is 3.69. The Balaban J connectivity index is 1.55. The number of esters is 1. The normalized spacial score (nSPS) is 10.2. The summed E-state index contributed by atoms with van der Waals surface area (Å²) in [5, 5.41) is 5.63. The molecule has 3 rings (SSSR count). The highest BCUT2D eigenvalue weighted by Crippen LogP contribution is 2.23. The molecule has 3 aromatic carbocycles. The van der Waals surface area contributed by atoms with Gasteiger partial charge in [0.05, 0.1) is 18.0 Å². The van der Waals surface area contributed by atoms with Gasteiger partial charge in [-0.25, -0.2) is 0 Å². The van der Waals surface area contributed by atoms with Crippen LogP contribution in [-0.4, -0.2) is 24.4 Å². The number of ether oxygens (including phenoxy) is 2. The van der Waals surface area contributed by atoms with Crippen LogP contribution in [0.2, 0.25) is 0 Å². The van der Waals surface area contributed by atoms with E-state index >= 15 is 0 Å². The molecule has 0 aliphatic rings. The van der Waals surface area contributed by atoms with E-state index in [2.05, 4.69) is 10.6 Å². The highest BCUT2D eigenvalue weighted by Gasteiger charge is 2.12. The highest BCUT2D eigenvalue weighted by molar-refractivity contribution is 6.07. The molecule has 0 saturated carbocycles. The number of hydrogen-bond acceptors (Lipinski definition) is 5. The molecule has 0 radical (unpaired) electrons. The van der Waals surface area contributed by atoms with Crippen molar-refractivity contribution in [3.8, 4) is 11.5 Å². The van der Waals surface area contributed by atoms with Crippen molar-refractivity contribution < 1.29 is 23.9 Å². The molecule has 2 amide bonds. The Hall–Kier alpha value is -4.13. The van der Waals surface area contributed by atoms with E-state index in [0.29, 0.717) is 30.0 Å². The number of hydrogen-bond donors (Lipinski definition) is 2. The first kappa shape index (κ1) is 23.5. The van der Waals surface area contributed by atoms with E-state index in [1.807, 2.05) is 31.2 Å². The van der Waals surface area contributed by atoms with Gasteiger partial charge in [0.1, 0.15) is 11.5 Å². The Morgan fingerprint density at radius 3 is 2.27 bits per heavy atom. The van der Waals surface area contributed by atoms with Crippen molar-refractivity contribution >= 4 is 29.2 Å². The summed E-state index contributed by atoms with van der Waals surface area (Å²) in [6.07, 6.45) is 0.830. The minimum Gasteiger partial charge on any atom is -0.493 e. The van der Waals surface area contributed by atoms with Crippen LogP contribution in [0.5, 0.6) is 11.5 Å². The fourth-order valence-electron chi connectivity index (χ4n) is 3.11.